The maximum atomic E-state index is 12.6. The molecule has 152 valence electrons. The predicted octanol–water partition coefficient (Wildman–Crippen LogP) is 1.78. The van der Waals surface area contributed by atoms with Gasteiger partial charge in [-0.2, -0.15) is 0 Å². The van der Waals surface area contributed by atoms with Crippen molar-refractivity contribution in [2.24, 2.45) is 5.73 Å². The van der Waals surface area contributed by atoms with E-state index in [1.165, 1.54) is 24.3 Å². The number of hydrogen-bond acceptors (Lipinski definition) is 9. The third-order valence-electron chi connectivity index (χ3n) is 3.35. The summed E-state index contributed by atoms with van der Waals surface area (Å²) in [5.41, 5.74) is 5.02. The van der Waals surface area contributed by atoms with E-state index < -0.39 is 38.8 Å². The van der Waals surface area contributed by atoms with Crippen LogP contribution >= 0.6 is 11.3 Å². The van der Waals surface area contributed by atoms with E-state index in [2.05, 4.69) is 10.3 Å². The van der Waals surface area contributed by atoms with Crippen LogP contribution < -0.4 is 11.1 Å². The minimum atomic E-state index is -3.85. The van der Waals surface area contributed by atoms with Gasteiger partial charge >= 0.3 is 11.9 Å². The van der Waals surface area contributed by atoms with Crippen molar-refractivity contribution in [1.82, 2.24) is 4.98 Å². The van der Waals surface area contributed by atoms with Gasteiger partial charge in [-0.25, -0.2) is 23.0 Å². The zero-order valence-electron chi connectivity index (χ0n) is 15.4. The van der Waals surface area contributed by atoms with Crippen LogP contribution in [0.3, 0.4) is 0 Å². The topological polar surface area (TPSA) is 149 Å². The van der Waals surface area contributed by atoms with Crippen molar-refractivity contribution in [3.8, 4) is 0 Å². The first-order valence-corrected chi connectivity index (χ1v) is 10.6. The van der Waals surface area contributed by atoms with Gasteiger partial charge in [0, 0.05) is 0 Å². The first-order chi connectivity index (χ1) is 12.9. The number of esters is 1. The van der Waals surface area contributed by atoms with Gasteiger partial charge < -0.3 is 20.9 Å². The minimum absolute atomic E-state index is 0.00623. The zero-order chi connectivity index (χ0) is 21.1. The highest BCUT2D eigenvalue weighted by atomic mass is 32.2. The summed E-state index contributed by atoms with van der Waals surface area (Å²) in [6, 6.07) is 5.58. The molecular formula is C17H21N3O6S2. The molecule has 2 aromatic rings. The Kier molecular flexibility index (Phi) is 6.42. The molecular weight excluding hydrogens is 406 g/mol. The van der Waals surface area contributed by atoms with E-state index in [0.29, 0.717) is 0 Å². The SMILES string of the molecule is CC(C)(C)OC(=O)C(Nc1cccc(C(N)S(=O)(=O)c2cccs2)n1)C(=O)O. The van der Waals surface area contributed by atoms with Crippen LogP contribution in [-0.4, -0.2) is 42.1 Å². The smallest absolute Gasteiger partial charge is 0.340 e. The number of sulfone groups is 1. The lowest BCUT2D eigenvalue weighted by Crippen LogP contribution is -2.42. The van der Waals surface area contributed by atoms with Gasteiger partial charge in [0.2, 0.25) is 15.9 Å². The van der Waals surface area contributed by atoms with E-state index in [-0.39, 0.29) is 15.7 Å². The summed E-state index contributed by atoms with van der Waals surface area (Å²) < 4.78 is 30.3. The molecule has 2 heterocycles. The Bertz CT molecular complexity index is 952. The van der Waals surface area contributed by atoms with Gasteiger partial charge in [0.15, 0.2) is 5.37 Å². The molecule has 2 rings (SSSR count). The number of anilines is 1. The number of nitrogens with one attached hydrogen (secondary N) is 1. The van der Waals surface area contributed by atoms with Gasteiger partial charge in [0.25, 0.3) is 0 Å². The Morgan fingerprint density at radius 1 is 1.25 bits per heavy atom. The van der Waals surface area contributed by atoms with E-state index in [0.717, 1.165) is 11.3 Å². The molecule has 0 radical (unpaired) electrons. The normalized spacial score (nSPS) is 14.1. The molecule has 2 aromatic heterocycles. The molecule has 11 heteroatoms. The number of rotatable bonds is 7. The van der Waals surface area contributed by atoms with Crippen LogP contribution in [-0.2, 0) is 24.2 Å². The number of nitrogens with zero attached hydrogens (tertiary/aromatic N) is 1. The molecule has 0 aliphatic carbocycles. The highest BCUT2D eigenvalue weighted by Gasteiger charge is 2.32. The van der Waals surface area contributed by atoms with Crippen molar-refractivity contribution in [2.75, 3.05) is 5.32 Å². The summed E-state index contributed by atoms with van der Waals surface area (Å²) in [5, 5.41) is 11.9. The first-order valence-electron chi connectivity index (χ1n) is 8.14. The van der Waals surface area contributed by atoms with Crippen LogP contribution in [0.5, 0.6) is 0 Å². The fourth-order valence-corrected chi connectivity index (χ4v) is 4.56. The molecule has 28 heavy (non-hydrogen) atoms. The zero-order valence-corrected chi connectivity index (χ0v) is 17.1. The van der Waals surface area contributed by atoms with E-state index in [1.54, 1.807) is 32.2 Å². The number of carboxylic acid groups (broad SMARTS) is 1. The Balaban J connectivity index is 2.26. The minimum Gasteiger partial charge on any atom is -0.479 e. The summed E-state index contributed by atoms with van der Waals surface area (Å²) in [7, 11) is -3.85. The fourth-order valence-electron chi connectivity index (χ4n) is 2.13. The monoisotopic (exact) mass is 427 g/mol. The second-order valence-electron chi connectivity index (χ2n) is 6.79. The average molecular weight is 428 g/mol. The average Bonchev–Trinajstić information content (AvgIpc) is 3.12. The molecule has 0 saturated carbocycles. The Labute approximate surface area is 166 Å². The predicted molar refractivity (Wildman–Crippen MR) is 104 cm³/mol. The lowest BCUT2D eigenvalue weighted by molar-refractivity contribution is -0.160. The molecule has 0 fully saturated rings. The van der Waals surface area contributed by atoms with Crippen LogP contribution in [0.4, 0.5) is 5.82 Å². The Morgan fingerprint density at radius 2 is 1.93 bits per heavy atom. The molecule has 0 aliphatic heterocycles. The van der Waals surface area contributed by atoms with Gasteiger partial charge in [-0.3, -0.25) is 0 Å². The van der Waals surface area contributed by atoms with E-state index in [1.807, 2.05) is 0 Å². The summed E-state index contributed by atoms with van der Waals surface area (Å²) in [6.07, 6.45) is 0. The van der Waals surface area contributed by atoms with Crippen LogP contribution in [0.25, 0.3) is 0 Å². The second kappa shape index (κ2) is 8.25. The highest BCUT2D eigenvalue weighted by molar-refractivity contribution is 7.93. The van der Waals surface area contributed by atoms with Crippen LogP contribution in [0, 0.1) is 0 Å². The van der Waals surface area contributed by atoms with Gasteiger partial charge in [-0.05, 0) is 44.4 Å². The molecule has 0 aromatic carbocycles. The molecule has 0 bridgehead atoms. The molecule has 0 spiro atoms. The maximum absolute atomic E-state index is 12.6. The molecule has 9 nitrogen and oxygen atoms in total. The summed E-state index contributed by atoms with van der Waals surface area (Å²) >= 11 is 1.03. The van der Waals surface area contributed by atoms with Gasteiger partial charge in [0.1, 0.15) is 15.6 Å². The van der Waals surface area contributed by atoms with Crippen molar-refractivity contribution in [2.45, 2.75) is 42.0 Å². The number of hydrogen-bond donors (Lipinski definition) is 3. The number of thiophene rings is 1. The van der Waals surface area contributed by atoms with E-state index in [4.69, 9.17) is 10.5 Å². The lowest BCUT2D eigenvalue weighted by Gasteiger charge is -2.23. The summed E-state index contributed by atoms with van der Waals surface area (Å²) in [4.78, 5) is 27.6. The number of pyridine rings is 1. The third-order valence-corrected chi connectivity index (χ3v) is 6.61. The second-order valence-corrected chi connectivity index (χ2v) is 10.0. The van der Waals surface area contributed by atoms with Crippen molar-refractivity contribution in [3.05, 3.63) is 41.4 Å². The molecule has 0 amide bonds. The quantitative estimate of drug-likeness (QED) is 0.444. The standard InChI is InChI=1S/C17H21N3O6S2/c1-17(2,3)26-16(23)13(15(21)22)20-11-7-4-6-10(19-11)14(18)28(24,25)12-8-5-9-27-12/h4-9,13-14H,18H2,1-3H3,(H,19,20)(H,21,22). The van der Waals surface area contributed by atoms with Crippen LogP contribution in [0.1, 0.15) is 31.8 Å². The molecule has 0 aliphatic rings. The largest absolute Gasteiger partial charge is 0.479 e. The number of carbonyl (C=O) groups excluding carboxylic acids is 1. The number of nitrogens with two attached hydrogens (primary N) is 1. The fraction of sp³-hybridized carbons (Fsp3) is 0.353. The maximum Gasteiger partial charge on any atom is 0.340 e. The van der Waals surface area contributed by atoms with Crippen molar-refractivity contribution in [3.63, 3.8) is 0 Å². The molecule has 2 unspecified atom stereocenters. The number of aliphatic carboxylic acids is 1. The van der Waals surface area contributed by atoms with Gasteiger partial charge in [0.05, 0.1) is 5.69 Å². The van der Waals surface area contributed by atoms with Crippen molar-refractivity contribution in [1.29, 1.82) is 0 Å². The number of carboxylic acids is 1. The Hall–Kier alpha value is -2.50. The molecule has 2 atom stereocenters. The van der Waals surface area contributed by atoms with Crippen molar-refractivity contribution < 1.29 is 27.9 Å². The highest BCUT2D eigenvalue weighted by Crippen LogP contribution is 2.27. The summed E-state index contributed by atoms with van der Waals surface area (Å²) in [5.74, 6) is -2.48. The third kappa shape index (κ3) is 5.27. The van der Waals surface area contributed by atoms with Crippen LogP contribution in [0.15, 0.2) is 39.9 Å². The lowest BCUT2D eigenvalue weighted by atomic mass is 10.2. The van der Waals surface area contributed by atoms with Gasteiger partial charge in [-0.15, -0.1) is 11.3 Å². The summed E-state index contributed by atoms with van der Waals surface area (Å²) in [6.45, 7) is 4.82. The number of carbonyl (C=O) groups is 2. The van der Waals surface area contributed by atoms with Gasteiger partial charge in [-0.1, -0.05) is 12.1 Å². The number of ether oxygens (including phenoxy) is 1. The van der Waals surface area contributed by atoms with E-state index >= 15 is 0 Å². The van der Waals surface area contributed by atoms with Crippen LogP contribution in [0.2, 0.25) is 0 Å². The molecule has 4 N–H and O–H groups in total. The van der Waals surface area contributed by atoms with Crippen molar-refractivity contribution >= 4 is 38.9 Å². The van der Waals surface area contributed by atoms with E-state index in [9.17, 15) is 23.1 Å². The number of aromatic nitrogens is 1. The Morgan fingerprint density at radius 3 is 2.46 bits per heavy atom. The first kappa shape index (κ1) is 21.8. The molecule has 0 saturated heterocycles.